The molecule has 0 aliphatic carbocycles. The lowest BCUT2D eigenvalue weighted by atomic mass is 10.1. The maximum Gasteiger partial charge on any atom is 0.177 e. The predicted octanol–water partition coefficient (Wildman–Crippen LogP) is 1.74. The summed E-state index contributed by atoms with van der Waals surface area (Å²) in [6.45, 7) is 7.04. The van der Waals surface area contributed by atoms with Crippen LogP contribution in [0.1, 0.15) is 43.2 Å². The van der Waals surface area contributed by atoms with E-state index in [0.29, 0.717) is 6.04 Å². The van der Waals surface area contributed by atoms with E-state index in [1.54, 1.807) is 13.1 Å². The van der Waals surface area contributed by atoms with Crippen LogP contribution in [-0.4, -0.2) is 40.1 Å². The Hall–Kier alpha value is -1.16. The smallest absolute Gasteiger partial charge is 0.177 e. The second-order valence-corrected chi connectivity index (χ2v) is 4.41. The number of carbonyl (C=O) groups is 1. The van der Waals surface area contributed by atoms with Gasteiger partial charge in [-0.25, -0.2) is 0 Å². The Labute approximate surface area is 96.2 Å². The van der Waals surface area contributed by atoms with Crippen LogP contribution < -0.4 is 0 Å². The van der Waals surface area contributed by atoms with Gasteiger partial charge in [-0.3, -0.25) is 9.48 Å². The highest BCUT2D eigenvalue weighted by Crippen LogP contribution is 2.22. The molecule has 0 spiro atoms. The third kappa shape index (κ3) is 2.16. The highest BCUT2D eigenvalue weighted by Gasteiger charge is 2.23. The summed E-state index contributed by atoms with van der Waals surface area (Å²) in [4.78, 5) is 13.9. The van der Waals surface area contributed by atoms with E-state index in [2.05, 4.69) is 16.9 Å². The lowest BCUT2D eigenvalue weighted by molar-refractivity contribution is 0.0992. The summed E-state index contributed by atoms with van der Waals surface area (Å²) in [7, 11) is 0. The van der Waals surface area contributed by atoms with Gasteiger partial charge in [0.25, 0.3) is 0 Å². The molecule has 1 unspecified atom stereocenters. The number of Topliss-reactive ketones (excluding diaryl/α,β-unsaturated/α-hetero) is 1. The number of piperidine rings is 1. The molecule has 1 aliphatic heterocycles. The number of likely N-dealkylation sites (N-methyl/N-ethyl adjacent to an activating group) is 1. The maximum atomic E-state index is 11.4. The van der Waals surface area contributed by atoms with Crippen molar-refractivity contribution in [2.45, 2.75) is 32.7 Å². The highest BCUT2D eigenvalue weighted by atomic mass is 16.1. The van der Waals surface area contributed by atoms with Crippen LogP contribution in [0.25, 0.3) is 0 Å². The zero-order chi connectivity index (χ0) is 11.5. The van der Waals surface area contributed by atoms with E-state index in [1.807, 2.05) is 10.7 Å². The first-order valence-electron chi connectivity index (χ1n) is 5.99. The minimum Gasteiger partial charge on any atom is -0.301 e. The molecule has 0 radical (unpaired) electrons. The first kappa shape index (κ1) is 11.3. The predicted molar refractivity (Wildman–Crippen MR) is 62.6 cm³/mol. The van der Waals surface area contributed by atoms with Gasteiger partial charge in [-0.1, -0.05) is 6.92 Å². The molecule has 88 valence electrons. The molecule has 2 heterocycles. The SMILES string of the molecule is CCN1CCCC(n2nccc2C(C)=O)C1. The summed E-state index contributed by atoms with van der Waals surface area (Å²) in [5, 5.41) is 4.30. The van der Waals surface area contributed by atoms with E-state index < -0.39 is 0 Å². The van der Waals surface area contributed by atoms with Crippen molar-refractivity contribution in [3.8, 4) is 0 Å². The van der Waals surface area contributed by atoms with Gasteiger partial charge in [-0.15, -0.1) is 0 Å². The summed E-state index contributed by atoms with van der Waals surface area (Å²) in [5.74, 6) is 0.103. The van der Waals surface area contributed by atoms with Gasteiger partial charge in [0.1, 0.15) is 5.69 Å². The zero-order valence-corrected chi connectivity index (χ0v) is 10.0. The molecule has 0 saturated carbocycles. The van der Waals surface area contributed by atoms with E-state index in [9.17, 15) is 4.79 Å². The fraction of sp³-hybridized carbons (Fsp3) is 0.667. The van der Waals surface area contributed by atoms with Crippen molar-refractivity contribution in [2.24, 2.45) is 0 Å². The number of carbonyl (C=O) groups excluding carboxylic acids is 1. The molecule has 4 nitrogen and oxygen atoms in total. The van der Waals surface area contributed by atoms with Crippen LogP contribution in [0.4, 0.5) is 0 Å². The molecule has 1 fully saturated rings. The normalized spacial score (nSPS) is 22.2. The summed E-state index contributed by atoms with van der Waals surface area (Å²) >= 11 is 0. The molecule has 4 heteroatoms. The first-order valence-corrected chi connectivity index (χ1v) is 5.99. The molecular formula is C12H19N3O. The van der Waals surface area contributed by atoms with Gasteiger partial charge in [-0.2, -0.15) is 5.10 Å². The summed E-state index contributed by atoms with van der Waals surface area (Å²) in [6, 6.07) is 2.18. The van der Waals surface area contributed by atoms with Crippen LogP contribution >= 0.6 is 0 Å². The Balaban J connectivity index is 2.16. The van der Waals surface area contributed by atoms with E-state index in [4.69, 9.17) is 0 Å². The van der Waals surface area contributed by atoms with Crippen LogP contribution in [0, 0.1) is 0 Å². The Bertz CT molecular complexity index is 372. The largest absolute Gasteiger partial charge is 0.301 e. The van der Waals surface area contributed by atoms with E-state index in [0.717, 1.165) is 25.2 Å². The van der Waals surface area contributed by atoms with Crippen LogP contribution in [0.5, 0.6) is 0 Å². The van der Waals surface area contributed by atoms with Gasteiger partial charge in [0.15, 0.2) is 5.78 Å². The Kier molecular flexibility index (Phi) is 3.39. The van der Waals surface area contributed by atoms with E-state index >= 15 is 0 Å². The average Bonchev–Trinajstić information content (AvgIpc) is 2.78. The van der Waals surface area contributed by atoms with Crippen molar-refractivity contribution in [3.63, 3.8) is 0 Å². The molecular weight excluding hydrogens is 202 g/mol. The third-order valence-corrected chi connectivity index (χ3v) is 3.30. The molecule has 1 aliphatic rings. The minimum absolute atomic E-state index is 0.103. The number of aromatic nitrogens is 2. The molecule has 1 aromatic rings. The molecule has 0 amide bonds. The van der Waals surface area contributed by atoms with Crippen LogP contribution in [0.2, 0.25) is 0 Å². The summed E-state index contributed by atoms with van der Waals surface area (Å²) in [6.07, 6.45) is 4.04. The first-order chi connectivity index (χ1) is 7.72. The van der Waals surface area contributed by atoms with Crippen LogP contribution in [-0.2, 0) is 0 Å². The van der Waals surface area contributed by atoms with Crippen molar-refractivity contribution in [1.29, 1.82) is 0 Å². The van der Waals surface area contributed by atoms with Crippen LogP contribution in [0.15, 0.2) is 12.3 Å². The molecule has 1 atom stereocenters. The van der Waals surface area contributed by atoms with Gasteiger partial charge < -0.3 is 4.90 Å². The minimum atomic E-state index is 0.103. The van der Waals surface area contributed by atoms with Gasteiger partial charge >= 0.3 is 0 Å². The number of likely N-dealkylation sites (tertiary alicyclic amines) is 1. The standard InChI is InChI=1S/C12H19N3O/c1-3-14-8-4-5-11(9-14)15-12(10(2)16)6-7-13-15/h6-7,11H,3-5,8-9H2,1-2H3. The quantitative estimate of drug-likeness (QED) is 0.730. The number of ketones is 1. The fourth-order valence-corrected chi connectivity index (χ4v) is 2.40. The van der Waals surface area contributed by atoms with Crippen LogP contribution in [0.3, 0.4) is 0 Å². The lowest BCUT2D eigenvalue weighted by Crippen LogP contribution is -2.37. The molecule has 1 aromatic heterocycles. The van der Waals surface area contributed by atoms with Gasteiger partial charge in [0, 0.05) is 19.7 Å². The van der Waals surface area contributed by atoms with Gasteiger partial charge in [0.05, 0.1) is 6.04 Å². The Morgan fingerprint density at radius 3 is 3.12 bits per heavy atom. The van der Waals surface area contributed by atoms with Crippen molar-refractivity contribution in [2.75, 3.05) is 19.6 Å². The second-order valence-electron chi connectivity index (χ2n) is 4.41. The third-order valence-electron chi connectivity index (χ3n) is 3.30. The highest BCUT2D eigenvalue weighted by molar-refractivity contribution is 5.92. The van der Waals surface area contributed by atoms with Crippen molar-refractivity contribution >= 4 is 5.78 Å². The van der Waals surface area contributed by atoms with E-state index in [1.165, 1.54) is 13.0 Å². The summed E-state index contributed by atoms with van der Waals surface area (Å²) < 4.78 is 1.91. The molecule has 0 bridgehead atoms. The lowest BCUT2D eigenvalue weighted by Gasteiger charge is -2.32. The monoisotopic (exact) mass is 221 g/mol. The van der Waals surface area contributed by atoms with Crippen molar-refractivity contribution in [3.05, 3.63) is 18.0 Å². The van der Waals surface area contributed by atoms with Gasteiger partial charge in [0.2, 0.25) is 0 Å². The molecule has 0 aromatic carbocycles. The number of hydrogen-bond donors (Lipinski definition) is 0. The number of nitrogens with zero attached hydrogens (tertiary/aromatic N) is 3. The maximum absolute atomic E-state index is 11.4. The van der Waals surface area contributed by atoms with Crippen molar-refractivity contribution < 1.29 is 4.79 Å². The van der Waals surface area contributed by atoms with E-state index in [-0.39, 0.29) is 5.78 Å². The molecule has 1 saturated heterocycles. The zero-order valence-electron chi connectivity index (χ0n) is 10.0. The second kappa shape index (κ2) is 4.78. The van der Waals surface area contributed by atoms with Crippen molar-refractivity contribution in [1.82, 2.24) is 14.7 Å². The Morgan fingerprint density at radius 1 is 1.62 bits per heavy atom. The number of rotatable bonds is 3. The number of hydrogen-bond acceptors (Lipinski definition) is 3. The molecule has 0 N–H and O–H groups in total. The van der Waals surface area contributed by atoms with Gasteiger partial charge in [-0.05, 0) is 32.0 Å². The fourth-order valence-electron chi connectivity index (χ4n) is 2.40. The molecule has 2 rings (SSSR count). The average molecular weight is 221 g/mol. The molecule has 16 heavy (non-hydrogen) atoms. The topological polar surface area (TPSA) is 38.1 Å². The Morgan fingerprint density at radius 2 is 2.44 bits per heavy atom. The summed E-state index contributed by atoms with van der Waals surface area (Å²) in [5.41, 5.74) is 0.739.